The largest absolute Gasteiger partial charge is 0.490 e. The van der Waals surface area contributed by atoms with E-state index in [0.29, 0.717) is 5.39 Å². The van der Waals surface area contributed by atoms with Crippen LogP contribution in [0.25, 0.3) is 10.9 Å². The first-order valence-electron chi connectivity index (χ1n) is 9.15. The number of nitrogens with zero attached hydrogens (tertiary/aromatic N) is 2. The van der Waals surface area contributed by atoms with Crippen molar-refractivity contribution < 1.29 is 9.84 Å². The Morgan fingerprint density at radius 1 is 1.00 bits per heavy atom. The molecule has 0 spiro atoms. The van der Waals surface area contributed by atoms with Crippen molar-refractivity contribution in [3.05, 3.63) is 59.8 Å². The van der Waals surface area contributed by atoms with Crippen LogP contribution in [0, 0.1) is 13.8 Å². The Hall–Kier alpha value is -2.75. The van der Waals surface area contributed by atoms with Gasteiger partial charge in [0, 0.05) is 49.3 Å². The molecule has 1 fully saturated rings. The molecular weight excluding hydrogens is 324 g/mol. The molecule has 0 N–H and O–H groups in total. The minimum atomic E-state index is 0.0322. The number of rotatable bonds is 3. The van der Waals surface area contributed by atoms with E-state index in [1.807, 2.05) is 12.1 Å². The monoisotopic (exact) mass is 347 g/mol. The molecule has 2 heterocycles. The maximum Gasteiger partial charge on any atom is 0.189 e. The smallest absolute Gasteiger partial charge is 0.189 e. The summed E-state index contributed by atoms with van der Waals surface area (Å²) in [4.78, 5) is 6.59. The molecule has 0 aliphatic carbocycles. The van der Waals surface area contributed by atoms with Crippen LogP contribution in [-0.2, 0) is 5.11 Å². The fourth-order valence-corrected chi connectivity index (χ4v) is 3.52. The normalized spacial score (nSPS) is 15.4. The summed E-state index contributed by atoms with van der Waals surface area (Å²) in [5.41, 5.74) is 4.40. The lowest BCUT2D eigenvalue weighted by molar-refractivity contribution is 0.171. The number of fused-ring (bicyclic) bond motifs is 1. The number of benzene rings is 2. The van der Waals surface area contributed by atoms with Gasteiger partial charge in [0.15, 0.2) is 5.75 Å². The average molecular weight is 347 g/mol. The van der Waals surface area contributed by atoms with Crippen molar-refractivity contribution in [3.63, 3.8) is 0 Å². The molecule has 1 aliphatic heterocycles. The molecule has 4 heteroatoms. The first kappa shape index (κ1) is 16.7. The lowest BCUT2D eigenvalue weighted by atomic mass is 10.1. The van der Waals surface area contributed by atoms with Gasteiger partial charge in [0.2, 0.25) is 0 Å². The number of aromatic nitrogens is 1. The first-order valence-corrected chi connectivity index (χ1v) is 9.15. The molecule has 1 radical (unpaired) electrons. The van der Waals surface area contributed by atoms with Crippen LogP contribution in [0.3, 0.4) is 0 Å². The minimum Gasteiger partial charge on any atom is -0.490 e. The Morgan fingerprint density at radius 2 is 1.81 bits per heavy atom. The Kier molecular flexibility index (Phi) is 4.41. The molecule has 1 saturated heterocycles. The van der Waals surface area contributed by atoms with Gasteiger partial charge in [-0.2, -0.15) is 0 Å². The Morgan fingerprint density at radius 3 is 2.58 bits per heavy atom. The lowest BCUT2D eigenvalue weighted by Crippen LogP contribution is -2.38. The predicted molar refractivity (Wildman–Crippen MR) is 104 cm³/mol. The average Bonchev–Trinajstić information content (AvgIpc) is 2.66. The fraction of sp³-hybridized carbons (Fsp3) is 0.318. The summed E-state index contributed by atoms with van der Waals surface area (Å²) in [5.74, 6) is 0.990. The van der Waals surface area contributed by atoms with E-state index in [-0.39, 0.29) is 11.9 Å². The second kappa shape index (κ2) is 6.87. The maximum atomic E-state index is 12.0. The first-order chi connectivity index (χ1) is 12.6. The second-order valence-electron chi connectivity index (χ2n) is 7.06. The molecule has 1 aromatic heterocycles. The third-order valence-electron chi connectivity index (χ3n) is 5.27. The zero-order valence-electron chi connectivity index (χ0n) is 15.2. The van der Waals surface area contributed by atoms with Crippen molar-refractivity contribution in [1.82, 2.24) is 4.98 Å². The van der Waals surface area contributed by atoms with E-state index in [2.05, 4.69) is 48.0 Å². The maximum absolute atomic E-state index is 12.0. The van der Waals surface area contributed by atoms with Crippen molar-refractivity contribution in [2.24, 2.45) is 0 Å². The topological polar surface area (TPSA) is 45.3 Å². The molecule has 26 heavy (non-hydrogen) atoms. The number of hydrogen-bond donors (Lipinski definition) is 0. The third kappa shape index (κ3) is 3.32. The number of pyridine rings is 1. The van der Waals surface area contributed by atoms with Crippen molar-refractivity contribution in [1.29, 1.82) is 0 Å². The second-order valence-corrected chi connectivity index (χ2v) is 7.06. The number of ether oxygens (including phenoxy) is 1. The number of anilines is 1. The van der Waals surface area contributed by atoms with Gasteiger partial charge in [-0.1, -0.05) is 6.07 Å². The van der Waals surface area contributed by atoms with Crippen molar-refractivity contribution in [3.8, 4) is 11.5 Å². The van der Waals surface area contributed by atoms with Crippen LogP contribution in [0.4, 0.5) is 5.69 Å². The van der Waals surface area contributed by atoms with E-state index >= 15 is 0 Å². The van der Waals surface area contributed by atoms with Gasteiger partial charge in [-0.3, -0.25) is 10.1 Å². The van der Waals surface area contributed by atoms with E-state index in [0.717, 1.165) is 42.9 Å². The molecule has 4 rings (SSSR count). The zero-order chi connectivity index (χ0) is 18.1. The summed E-state index contributed by atoms with van der Waals surface area (Å²) < 4.78 is 6.18. The van der Waals surface area contributed by atoms with E-state index in [4.69, 9.17) is 4.74 Å². The van der Waals surface area contributed by atoms with E-state index < -0.39 is 0 Å². The molecule has 0 saturated carbocycles. The third-order valence-corrected chi connectivity index (χ3v) is 5.27. The van der Waals surface area contributed by atoms with Gasteiger partial charge in [0.1, 0.15) is 11.9 Å². The van der Waals surface area contributed by atoms with Gasteiger partial charge in [0.25, 0.3) is 0 Å². The molecule has 3 aromatic rings. The van der Waals surface area contributed by atoms with Crippen LogP contribution in [0.1, 0.15) is 24.0 Å². The minimum absolute atomic E-state index is 0.0322. The van der Waals surface area contributed by atoms with Crippen LogP contribution in [0.5, 0.6) is 11.5 Å². The quantitative estimate of drug-likeness (QED) is 0.666. The molecule has 0 bridgehead atoms. The van der Waals surface area contributed by atoms with Crippen LogP contribution in [-0.4, -0.2) is 24.2 Å². The van der Waals surface area contributed by atoms with Crippen LogP contribution in [0.2, 0.25) is 0 Å². The summed E-state index contributed by atoms with van der Waals surface area (Å²) in [6.07, 6.45) is 3.76. The van der Waals surface area contributed by atoms with E-state index in [9.17, 15) is 5.11 Å². The van der Waals surface area contributed by atoms with Gasteiger partial charge in [0.05, 0.1) is 5.52 Å². The molecule has 0 atom stereocenters. The predicted octanol–water partition coefficient (Wildman–Crippen LogP) is 5.04. The van der Waals surface area contributed by atoms with Crippen molar-refractivity contribution in [2.45, 2.75) is 32.8 Å². The van der Waals surface area contributed by atoms with E-state index in [1.54, 1.807) is 6.20 Å². The summed E-state index contributed by atoms with van der Waals surface area (Å²) in [6, 6.07) is 13.8. The summed E-state index contributed by atoms with van der Waals surface area (Å²) in [6.45, 7) is 6.08. The molecule has 0 amide bonds. The van der Waals surface area contributed by atoms with Gasteiger partial charge in [-0.05, 0) is 55.3 Å². The Balaban J connectivity index is 1.43. The van der Waals surface area contributed by atoms with Gasteiger partial charge < -0.3 is 9.64 Å². The lowest BCUT2D eigenvalue weighted by Gasteiger charge is -2.34. The molecule has 2 aromatic carbocycles. The molecule has 4 nitrogen and oxygen atoms in total. The highest BCUT2D eigenvalue weighted by atomic mass is 16.5. The van der Waals surface area contributed by atoms with Gasteiger partial charge >= 0.3 is 0 Å². The van der Waals surface area contributed by atoms with Crippen LogP contribution < -0.4 is 9.64 Å². The zero-order valence-corrected chi connectivity index (χ0v) is 15.2. The highest BCUT2D eigenvalue weighted by Gasteiger charge is 2.21. The van der Waals surface area contributed by atoms with Gasteiger partial charge in [-0.15, -0.1) is 0 Å². The van der Waals surface area contributed by atoms with Crippen molar-refractivity contribution in [2.75, 3.05) is 18.0 Å². The highest BCUT2D eigenvalue weighted by Crippen LogP contribution is 2.30. The summed E-state index contributed by atoms with van der Waals surface area (Å²) in [7, 11) is 0. The summed E-state index contributed by atoms with van der Waals surface area (Å²) >= 11 is 0. The number of piperidine rings is 1. The standard InChI is InChI=1S/C22H23N2O2/c1-15-3-5-19(13-16(15)2)26-18-8-11-24(12-9-18)17-4-6-21-20(14-17)22(25)7-10-23-21/h3-7,10,13-14,18H,8-9,11-12H2,1-2H3. The number of aryl methyl sites for hydroxylation is 2. The van der Waals surface area contributed by atoms with Crippen LogP contribution in [0.15, 0.2) is 48.7 Å². The highest BCUT2D eigenvalue weighted by molar-refractivity contribution is 5.87. The number of hydrogen-bond acceptors (Lipinski definition) is 3. The van der Waals surface area contributed by atoms with Gasteiger partial charge in [-0.25, -0.2) is 0 Å². The molecular formula is C22H23N2O2. The fourth-order valence-electron chi connectivity index (χ4n) is 3.52. The summed E-state index contributed by atoms with van der Waals surface area (Å²) in [5, 5.41) is 12.7. The molecule has 1 aliphatic rings. The molecule has 0 unspecified atom stereocenters. The van der Waals surface area contributed by atoms with Crippen LogP contribution >= 0.6 is 0 Å². The van der Waals surface area contributed by atoms with Crippen molar-refractivity contribution >= 4 is 16.6 Å². The van der Waals surface area contributed by atoms with E-state index in [1.165, 1.54) is 17.2 Å². The Bertz CT molecular complexity index is 931. The SMILES string of the molecule is Cc1ccc(OC2CCN(c3ccc4nccc([O])c4c3)CC2)cc1C. The molecule has 133 valence electrons. The Labute approximate surface area is 154 Å².